The molecule has 0 bridgehead atoms. The van der Waals surface area contributed by atoms with Gasteiger partial charge in [-0.25, -0.2) is 0 Å². The number of furan rings is 1. The van der Waals surface area contributed by atoms with Crippen molar-refractivity contribution in [1.29, 1.82) is 0 Å². The lowest BCUT2D eigenvalue weighted by atomic mass is 10.1. The Balaban J connectivity index is 1.57. The lowest BCUT2D eigenvalue weighted by molar-refractivity contribution is -0.121. The van der Waals surface area contributed by atoms with Crippen molar-refractivity contribution >= 4 is 17.5 Å². The molecule has 1 atom stereocenters. The van der Waals surface area contributed by atoms with E-state index in [4.69, 9.17) is 4.42 Å². The molecule has 2 aromatic rings. The van der Waals surface area contributed by atoms with Crippen LogP contribution in [0.25, 0.3) is 0 Å². The van der Waals surface area contributed by atoms with E-state index in [1.165, 1.54) is 6.26 Å². The van der Waals surface area contributed by atoms with Gasteiger partial charge in [-0.1, -0.05) is 18.2 Å². The number of carbonyl (C=O) groups excluding carboxylic acids is 2. The first-order chi connectivity index (χ1) is 12.5. The van der Waals surface area contributed by atoms with Gasteiger partial charge < -0.3 is 14.6 Å². The van der Waals surface area contributed by atoms with Crippen LogP contribution in [-0.4, -0.2) is 53.8 Å². The van der Waals surface area contributed by atoms with E-state index in [0.29, 0.717) is 31.9 Å². The molecule has 1 fully saturated rings. The summed E-state index contributed by atoms with van der Waals surface area (Å²) >= 11 is 0. The fourth-order valence-corrected chi connectivity index (χ4v) is 3.27. The first-order valence-electron chi connectivity index (χ1n) is 8.91. The summed E-state index contributed by atoms with van der Waals surface area (Å²) in [6.45, 7) is 8.38. The van der Waals surface area contributed by atoms with Gasteiger partial charge >= 0.3 is 0 Å². The second-order valence-corrected chi connectivity index (χ2v) is 6.74. The Kier molecular flexibility index (Phi) is 5.42. The molecule has 6 nitrogen and oxygen atoms in total. The fourth-order valence-electron chi connectivity index (χ4n) is 3.27. The van der Waals surface area contributed by atoms with Crippen LogP contribution in [0.4, 0.5) is 5.69 Å². The normalized spacial score (nSPS) is 16.3. The van der Waals surface area contributed by atoms with E-state index in [-0.39, 0.29) is 17.9 Å². The van der Waals surface area contributed by atoms with Crippen molar-refractivity contribution in [3.8, 4) is 0 Å². The van der Waals surface area contributed by atoms with E-state index >= 15 is 0 Å². The molecule has 1 saturated heterocycles. The highest BCUT2D eigenvalue weighted by Gasteiger charge is 2.29. The van der Waals surface area contributed by atoms with Crippen LogP contribution in [-0.2, 0) is 4.79 Å². The van der Waals surface area contributed by atoms with Crippen molar-refractivity contribution in [3.63, 3.8) is 0 Å². The van der Waals surface area contributed by atoms with Gasteiger partial charge in [-0.2, -0.15) is 0 Å². The topological polar surface area (TPSA) is 65.8 Å². The van der Waals surface area contributed by atoms with Gasteiger partial charge in [0.15, 0.2) is 5.76 Å². The molecule has 0 radical (unpaired) electrons. The maximum Gasteiger partial charge on any atom is 0.289 e. The molecule has 2 amide bonds. The van der Waals surface area contributed by atoms with Crippen LogP contribution < -0.4 is 5.32 Å². The molecule has 1 aliphatic rings. The van der Waals surface area contributed by atoms with Gasteiger partial charge in [0.1, 0.15) is 0 Å². The number of carbonyl (C=O) groups is 2. The Labute approximate surface area is 153 Å². The third-order valence-electron chi connectivity index (χ3n) is 4.99. The molecule has 1 aromatic heterocycles. The second kappa shape index (κ2) is 7.74. The number of benzene rings is 1. The van der Waals surface area contributed by atoms with E-state index in [0.717, 1.165) is 16.8 Å². The minimum atomic E-state index is -0.255. The van der Waals surface area contributed by atoms with Gasteiger partial charge in [0, 0.05) is 31.9 Å². The highest BCUT2D eigenvalue weighted by Crippen LogP contribution is 2.20. The monoisotopic (exact) mass is 355 g/mol. The molecule has 0 aliphatic carbocycles. The molecule has 0 saturated carbocycles. The fraction of sp³-hybridized carbons (Fsp3) is 0.400. The van der Waals surface area contributed by atoms with Crippen molar-refractivity contribution in [2.24, 2.45) is 0 Å². The Morgan fingerprint density at radius 1 is 1.04 bits per heavy atom. The Bertz CT molecular complexity index is 757. The van der Waals surface area contributed by atoms with E-state index < -0.39 is 0 Å². The summed E-state index contributed by atoms with van der Waals surface area (Å²) in [5.41, 5.74) is 3.00. The lowest BCUT2D eigenvalue weighted by Gasteiger charge is -2.37. The zero-order valence-electron chi connectivity index (χ0n) is 15.5. The average Bonchev–Trinajstić information content (AvgIpc) is 3.18. The molecule has 1 aliphatic heterocycles. The first kappa shape index (κ1) is 18.2. The molecule has 0 spiro atoms. The number of amides is 2. The first-order valence-corrected chi connectivity index (χ1v) is 8.91. The summed E-state index contributed by atoms with van der Waals surface area (Å²) in [5, 5.41) is 3.06. The zero-order valence-corrected chi connectivity index (χ0v) is 15.5. The highest BCUT2D eigenvalue weighted by molar-refractivity contribution is 5.96. The van der Waals surface area contributed by atoms with Crippen LogP contribution >= 0.6 is 0 Å². The van der Waals surface area contributed by atoms with Gasteiger partial charge in [-0.3, -0.25) is 14.5 Å². The standard InChI is InChI=1S/C20H25N3O3/c1-14-6-4-7-15(2)18(14)21-19(24)16(3)22-9-11-23(12-10-22)20(25)17-8-5-13-26-17/h4-8,13,16H,9-12H2,1-3H3,(H,21,24)/t16-/m1/s1. The molecule has 2 heterocycles. The van der Waals surface area contributed by atoms with Gasteiger partial charge in [0.2, 0.25) is 5.91 Å². The van der Waals surface area contributed by atoms with E-state index in [1.807, 2.05) is 39.0 Å². The number of aryl methyl sites for hydroxylation is 2. The van der Waals surface area contributed by atoms with Crippen LogP contribution in [0.1, 0.15) is 28.6 Å². The van der Waals surface area contributed by atoms with Crippen molar-refractivity contribution in [2.45, 2.75) is 26.8 Å². The third kappa shape index (κ3) is 3.80. The number of hydrogen-bond donors (Lipinski definition) is 1. The second-order valence-electron chi connectivity index (χ2n) is 6.74. The number of nitrogens with zero attached hydrogens (tertiary/aromatic N) is 2. The van der Waals surface area contributed by atoms with Gasteiger partial charge in [-0.05, 0) is 44.0 Å². The average molecular weight is 355 g/mol. The molecule has 3 rings (SSSR count). The van der Waals surface area contributed by atoms with Crippen molar-refractivity contribution in [3.05, 3.63) is 53.5 Å². The highest BCUT2D eigenvalue weighted by atomic mass is 16.3. The van der Waals surface area contributed by atoms with Crippen LogP contribution in [0, 0.1) is 13.8 Å². The van der Waals surface area contributed by atoms with Crippen LogP contribution in [0.5, 0.6) is 0 Å². The number of piperazine rings is 1. The summed E-state index contributed by atoms with van der Waals surface area (Å²) in [7, 11) is 0. The lowest BCUT2D eigenvalue weighted by Crippen LogP contribution is -2.54. The number of rotatable bonds is 4. The predicted molar refractivity (Wildman–Crippen MR) is 100 cm³/mol. The molecular formula is C20H25N3O3. The van der Waals surface area contributed by atoms with Gasteiger partial charge in [0.05, 0.1) is 12.3 Å². The molecule has 0 unspecified atom stereocenters. The summed E-state index contributed by atoms with van der Waals surface area (Å²) in [5.74, 6) is 0.245. The van der Waals surface area contributed by atoms with E-state index in [1.54, 1.807) is 17.0 Å². The number of hydrogen-bond acceptors (Lipinski definition) is 4. The predicted octanol–water partition coefficient (Wildman–Crippen LogP) is 2.68. The van der Waals surface area contributed by atoms with E-state index in [9.17, 15) is 9.59 Å². The minimum absolute atomic E-state index is 0.0202. The maximum absolute atomic E-state index is 12.7. The molecular weight excluding hydrogens is 330 g/mol. The van der Waals surface area contributed by atoms with Gasteiger partial charge in [-0.15, -0.1) is 0 Å². The summed E-state index contributed by atoms with van der Waals surface area (Å²) < 4.78 is 5.18. The quantitative estimate of drug-likeness (QED) is 0.916. The van der Waals surface area contributed by atoms with Crippen molar-refractivity contribution in [2.75, 3.05) is 31.5 Å². The maximum atomic E-state index is 12.7. The number of nitrogens with one attached hydrogen (secondary N) is 1. The number of anilines is 1. The van der Waals surface area contributed by atoms with Crippen LogP contribution in [0.3, 0.4) is 0 Å². The molecule has 138 valence electrons. The zero-order chi connectivity index (χ0) is 18.7. The summed E-state index contributed by atoms with van der Waals surface area (Å²) in [6.07, 6.45) is 1.50. The molecule has 1 N–H and O–H groups in total. The SMILES string of the molecule is Cc1cccc(C)c1NC(=O)[C@@H](C)N1CCN(C(=O)c2ccco2)CC1. The Morgan fingerprint density at radius 3 is 2.27 bits per heavy atom. The molecule has 1 aromatic carbocycles. The largest absolute Gasteiger partial charge is 0.459 e. The van der Waals surface area contributed by atoms with Crippen LogP contribution in [0.2, 0.25) is 0 Å². The molecule has 6 heteroatoms. The third-order valence-corrected chi connectivity index (χ3v) is 4.99. The summed E-state index contributed by atoms with van der Waals surface area (Å²) in [6, 6.07) is 9.10. The van der Waals surface area contributed by atoms with Crippen molar-refractivity contribution < 1.29 is 14.0 Å². The molecule has 26 heavy (non-hydrogen) atoms. The minimum Gasteiger partial charge on any atom is -0.459 e. The summed E-state index contributed by atoms with van der Waals surface area (Å²) in [4.78, 5) is 28.9. The Morgan fingerprint density at radius 2 is 1.69 bits per heavy atom. The van der Waals surface area contributed by atoms with Crippen LogP contribution in [0.15, 0.2) is 41.0 Å². The Hall–Kier alpha value is -2.60. The smallest absolute Gasteiger partial charge is 0.289 e. The van der Waals surface area contributed by atoms with Gasteiger partial charge in [0.25, 0.3) is 5.91 Å². The van der Waals surface area contributed by atoms with E-state index in [2.05, 4.69) is 10.2 Å². The van der Waals surface area contributed by atoms with Crippen molar-refractivity contribution in [1.82, 2.24) is 9.80 Å². The number of para-hydroxylation sites is 1.